The van der Waals surface area contributed by atoms with Crippen LogP contribution in [0.2, 0.25) is 0 Å². The Kier molecular flexibility index (Phi) is 3.31. The topological polar surface area (TPSA) is 38.0 Å². The zero-order valence-corrected chi connectivity index (χ0v) is 7.55. The summed E-state index contributed by atoms with van der Waals surface area (Å²) in [6.07, 6.45) is 1.61. The van der Waals surface area contributed by atoms with Crippen LogP contribution in [0.4, 0.5) is 4.39 Å². The summed E-state index contributed by atoms with van der Waals surface area (Å²) in [6.45, 7) is 2.72. The van der Waals surface area contributed by atoms with E-state index >= 15 is 0 Å². The second-order valence-electron chi connectivity index (χ2n) is 2.64. The Morgan fingerprint density at radius 1 is 1.54 bits per heavy atom. The highest BCUT2D eigenvalue weighted by molar-refractivity contribution is 5.62. The third-order valence-electron chi connectivity index (χ3n) is 1.65. The quantitative estimate of drug-likeness (QED) is 0.742. The fourth-order valence-corrected chi connectivity index (χ4v) is 0.985. The number of halogens is 1. The number of hydrogen-bond donors (Lipinski definition) is 2. The SMILES string of the molecule is CCN/C=C(\N)c1ccccc1F. The van der Waals surface area contributed by atoms with Crippen LogP contribution < -0.4 is 11.1 Å². The van der Waals surface area contributed by atoms with Crippen molar-refractivity contribution in [1.82, 2.24) is 5.32 Å². The molecule has 2 nitrogen and oxygen atoms in total. The molecule has 1 aromatic carbocycles. The molecule has 0 heterocycles. The van der Waals surface area contributed by atoms with Crippen molar-refractivity contribution in [2.24, 2.45) is 5.73 Å². The Balaban J connectivity index is 2.88. The van der Waals surface area contributed by atoms with E-state index in [2.05, 4.69) is 5.32 Å². The molecule has 70 valence electrons. The lowest BCUT2D eigenvalue weighted by Gasteiger charge is -2.03. The Bertz CT molecular complexity index is 308. The summed E-state index contributed by atoms with van der Waals surface area (Å²) >= 11 is 0. The molecule has 0 saturated carbocycles. The van der Waals surface area contributed by atoms with E-state index in [-0.39, 0.29) is 5.82 Å². The van der Waals surface area contributed by atoms with Crippen molar-refractivity contribution in [3.8, 4) is 0 Å². The lowest BCUT2D eigenvalue weighted by atomic mass is 10.1. The molecule has 0 spiro atoms. The predicted octanol–water partition coefficient (Wildman–Crippen LogP) is 1.69. The van der Waals surface area contributed by atoms with E-state index < -0.39 is 0 Å². The average Bonchev–Trinajstić information content (AvgIpc) is 2.15. The molecule has 0 aliphatic carbocycles. The maximum absolute atomic E-state index is 13.1. The van der Waals surface area contributed by atoms with Crippen molar-refractivity contribution in [3.63, 3.8) is 0 Å². The van der Waals surface area contributed by atoms with Gasteiger partial charge in [0.1, 0.15) is 5.82 Å². The normalized spacial score (nSPS) is 11.4. The molecule has 0 unspecified atom stereocenters. The third-order valence-corrected chi connectivity index (χ3v) is 1.65. The number of hydrogen-bond acceptors (Lipinski definition) is 2. The minimum Gasteiger partial charge on any atom is -0.397 e. The highest BCUT2D eigenvalue weighted by Gasteiger charge is 2.01. The molecule has 3 N–H and O–H groups in total. The van der Waals surface area contributed by atoms with Gasteiger partial charge in [0, 0.05) is 18.3 Å². The van der Waals surface area contributed by atoms with Crippen LogP contribution in [0.5, 0.6) is 0 Å². The summed E-state index contributed by atoms with van der Waals surface area (Å²) in [5, 5.41) is 2.92. The van der Waals surface area contributed by atoms with Crippen molar-refractivity contribution in [3.05, 3.63) is 41.8 Å². The third kappa shape index (κ3) is 2.47. The summed E-state index contributed by atoms with van der Waals surface area (Å²) in [5.41, 5.74) is 6.49. The highest BCUT2D eigenvalue weighted by atomic mass is 19.1. The second-order valence-corrected chi connectivity index (χ2v) is 2.64. The summed E-state index contributed by atoms with van der Waals surface area (Å²) in [5.74, 6) is -0.297. The van der Waals surface area contributed by atoms with E-state index in [1.807, 2.05) is 6.92 Å². The van der Waals surface area contributed by atoms with Gasteiger partial charge in [-0.05, 0) is 19.1 Å². The minimum absolute atomic E-state index is 0.297. The molecule has 0 amide bonds. The van der Waals surface area contributed by atoms with E-state index in [0.29, 0.717) is 11.3 Å². The molecule has 0 aliphatic rings. The average molecular weight is 180 g/mol. The number of rotatable bonds is 3. The Morgan fingerprint density at radius 2 is 2.23 bits per heavy atom. The van der Waals surface area contributed by atoms with Gasteiger partial charge in [-0.15, -0.1) is 0 Å². The van der Waals surface area contributed by atoms with Gasteiger partial charge < -0.3 is 11.1 Å². The van der Waals surface area contributed by atoms with Crippen molar-refractivity contribution in [2.45, 2.75) is 6.92 Å². The molecule has 0 atom stereocenters. The van der Waals surface area contributed by atoms with Crippen molar-refractivity contribution < 1.29 is 4.39 Å². The molecule has 0 fully saturated rings. The van der Waals surface area contributed by atoms with Gasteiger partial charge >= 0.3 is 0 Å². The number of nitrogens with one attached hydrogen (secondary N) is 1. The van der Waals surface area contributed by atoms with Gasteiger partial charge in [0.2, 0.25) is 0 Å². The first-order valence-electron chi connectivity index (χ1n) is 4.19. The first-order chi connectivity index (χ1) is 6.25. The monoisotopic (exact) mass is 180 g/mol. The molecule has 0 saturated heterocycles. The summed E-state index contributed by atoms with van der Waals surface area (Å²) < 4.78 is 13.1. The summed E-state index contributed by atoms with van der Waals surface area (Å²) in [6, 6.07) is 6.44. The molecule has 0 aromatic heterocycles. The second kappa shape index (κ2) is 4.50. The molecule has 3 heteroatoms. The smallest absolute Gasteiger partial charge is 0.132 e. The van der Waals surface area contributed by atoms with Crippen LogP contribution >= 0.6 is 0 Å². The van der Waals surface area contributed by atoms with Gasteiger partial charge in [-0.1, -0.05) is 12.1 Å². The first-order valence-corrected chi connectivity index (χ1v) is 4.19. The largest absolute Gasteiger partial charge is 0.397 e. The van der Waals surface area contributed by atoms with E-state index in [1.165, 1.54) is 6.07 Å². The molecular formula is C10H13FN2. The van der Waals surface area contributed by atoms with Gasteiger partial charge in [-0.3, -0.25) is 0 Å². The van der Waals surface area contributed by atoms with Gasteiger partial charge in [0.05, 0.1) is 5.70 Å². The Morgan fingerprint density at radius 3 is 2.85 bits per heavy atom. The predicted molar refractivity (Wildman–Crippen MR) is 52.2 cm³/mol. The summed E-state index contributed by atoms with van der Waals surface area (Å²) in [7, 11) is 0. The van der Waals surface area contributed by atoms with Crippen molar-refractivity contribution >= 4 is 5.70 Å². The fourth-order valence-electron chi connectivity index (χ4n) is 0.985. The Labute approximate surface area is 77.3 Å². The lowest BCUT2D eigenvalue weighted by molar-refractivity contribution is 0.623. The van der Waals surface area contributed by atoms with Crippen LogP contribution in [-0.2, 0) is 0 Å². The number of benzene rings is 1. The first kappa shape index (κ1) is 9.58. The Hall–Kier alpha value is -1.51. The van der Waals surface area contributed by atoms with Crippen LogP contribution in [0, 0.1) is 5.82 Å². The van der Waals surface area contributed by atoms with Gasteiger partial charge in [0.15, 0.2) is 0 Å². The molecule has 1 rings (SSSR count). The summed E-state index contributed by atoms with van der Waals surface area (Å²) in [4.78, 5) is 0. The minimum atomic E-state index is -0.297. The van der Waals surface area contributed by atoms with Crippen LogP contribution in [0.15, 0.2) is 30.5 Å². The molecule has 13 heavy (non-hydrogen) atoms. The van der Waals surface area contributed by atoms with Gasteiger partial charge in [-0.25, -0.2) is 4.39 Å². The van der Waals surface area contributed by atoms with Crippen molar-refractivity contribution in [2.75, 3.05) is 6.54 Å². The maximum Gasteiger partial charge on any atom is 0.132 e. The van der Waals surface area contributed by atoms with Crippen LogP contribution in [0.1, 0.15) is 12.5 Å². The van der Waals surface area contributed by atoms with Gasteiger partial charge in [-0.2, -0.15) is 0 Å². The number of nitrogens with two attached hydrogens (primary N) is 1. The van der Waals surface area contributed by atoms with E-state index in [0.717, 1.165) is 6.54 Å². The van der Waals surface area contributed by atoms with Crippen molar-refractivity contribution in [1.29, 1.82) is 0 Å². The van der Waals surface area contributed by atoms with E-state index in [4.69, 9.17) is 5.73 Å². The zero-order valence-electron chi connectivity index (χ0n) is 7.55. The molecule has 0 bridgehead atoms. The fraction of sp³-hybridized carbons (Fsp3) is 0.200. The maximum atomic E-state index is 13.1. The van der Waals surface area contributed by atoms with E-state index in [9.17, 15) is 4.39 Å². The molecule has 0 aliphatic heterocycles. The van der Waals surface area contributed by atoms with Crippen LogP contribution in [0.3, 0.4) is 0 Å². The molecule has 0 radical (unpaired) electrons. The zero-order chi connectivity index (χ0) is 9.68. The van der Waals surface area contributed by atoms with Crippen LogP contribution in [0.25, 0.3) is 5.70 Å². The highest BCUT2D eigenvalue weighted by Crippen LogP contribution is 2.12. The molecule has 1 aromatic rings. The van der Waals surface area contributed by atoms with Gasteiger partial charge in [0.25, 0.3) is 0 Å². The van der Waals surface area contributed by atoms with E-state index in [1.54, 1.807) is 24.4 Å². The lowest BCUT2D eigenvalue weighted by Crippen LogP contribution is -2.08. The molecular weight excluding hydrogens is 167 g/mol. The standard InChI is InChI=1S/C10H13FN2/c1-2-13-7-10(12)8-5-3-4-6-9(8)11/h3-7,13H,2,12H2,1H3/b10-7-. The van der Waals surface area contributed by atoms with Crippen LogP contribution in [-0.4, -0.2) is 6.54 Å².